The van der Waals surface area contributed by atoms with Crippen LogP contribution < -0.4 is 4.90 Å². The van der Waals surface area contributed by atoms with Crippen molar-refractivity contribution in [1.82, 2.24) is 4.98 Å². The lowest BCUT2D eigenvalue weighted by Crippen LogP contribution is -2.27. The molecule has 0 aliphatic heterocycles. The first-order chi connectivity index (χ1) is 9.95. The van der Waals surface area contributed by atoms with Crippen LogP contribution in [0.2, 0.25) is 0 Å². The third kappa shape index (κ3) is 2.91. The maximum absolute atomic E-state index is 11.8. The molecule has 0 aliphatic rings. The van der Waals surface area contributed by atoms with Crippen LogP contribution in [0.15, 0.2) is 24.3 Å². The van der Waals surface area contributed by atoms with Crippen LogP contribution in [-0.2, 0) is 16.0 Å². The minimum atomic E-state index is -0.446. The fourth-order valence-corrected chi connectivity index (χ4v) is 2.36. The number of carbonyl (C=O) groups is 2. The van der Waals surface area contributed by atoms with Gasteiger partial charge < -0.3 is 9.72 Å². The largest absolute Gasteiger partial charge is 0.452 e. The molecule has 2 aromatic rings. The number of fused-ring (bicyclic) bond motifs is 1. The van der Waals surface area contributed by atoms with Gasteiger partial charge in [-0.25, -0.2) is 4.79 Å². The first-order valence-electron chi connectivity index (χ1n) is 6.87. The van der Waals surface area contributed by atoms with Crippen LogP contribution in [0.4, 0.5) is 10.6 Å². The summed E-state index contributed by atoms with van der Waals surface area (Å²) in [4.78, 5) is 28.0. The summed E-state index contributed by atoms with van der Waals surface area (Å²) in [7, 11) is 3.00. The number of nitrogens with zero attached hydrogens (tertiary/aromatic N) is 1. The first kappa shape index (κ1) is 15.1. The van der Waals surface area contributed by atoms with Crippen molar-refractivity contribution in [3.63, 3.8) is 0 Å². The average Bonchev–Trinajstić information content (AvgIpc) is 2.84. The van der Waals surface area contributed by atoms with E-state index >= 15 is 0 Å². The van der Waals surface area contributed by atoms with E-state index in [1.807, 2.05) is 31.2 Å². The lowest BCUT2D eigenvalue weighted by atomic mass is 9.97. The third-order valence-corrected chi connectivity index (χ3v) is 3.78. The van der Waals surface area contributed by atoms with Gasteiger partial charge in [-0.3, -0.25) is 9.69 Å². The number of ketones is 1. The van der Waals surface area contributed by atoms with E-state index < -0.39 is 6.09 Å². The molecule has 1 heterocycles. The number of nitrogens with one attached hydrogen (secondary N) is 1. The van der Waals surface area contributed by atoms with Gasteiger partial charge in [0.05, 0.1) is 7.11 Å². The van der Waals surface area contributed by atoms with Crippen LogP contribution in [0.3, 0.4) is 0 Å². The third-order valence-electron chi connectivity index (χ3n) is 3.78. The predicted octanol–water partition coefficient (Wildman–Crippen LogP) is 3.14. The number of anilines is 1. The Hall–Kier alpha value is -2.30. The highest BCUT2D eigenvalue weighted by Crippen LogP contribution is 2.31. The Balaban J connectivity index is 2.53. The molecule has 0 saturated heterocycles. The van der Waals surface area contributed by atoms with Crippen molar-refractivity contribution in [2.24, 2.45) is 5.92 Å². The smallest absolute Gasteiger partial charge is 0.414 e. The number of hydrogen-bond donors (Lipinski definition) is 1. The maximum Gasteiger partial charge on any atom is 0.414 e. The molecule has 0 unspecified atom stereocenters. The number of aromatic amines is 1. The molecule has 0 radical (unpaired) electrons. The zero-order valence-corrected chi connectivity index (χ0v) is 12.8. The van der Waals surface area contributed by atoms with E-state index in [1.165, 1.54) is 12.0 Å². The molecule has 1 N–H and O–H groups in total. The summed E-state index contributed by atoms with van der Waals surface area (Å²) in [6, 6.07) is 7.81. The fourth-order valence-electron chi connectivity index (χ4n) is 2.36. The van der Waals surface area contributed by atoms with Gasteiger partial charge in [-0.15, -0.1) is 0 Å². The molecular formula is C16H20N2O3. The summed E-state index contributed by atoms with van der Waals surface area (Å²) in [5.41, 5.74) is 1.90. The molecule has 1 aromatic carbocycles. The highest BCUT2D eigenvalue weighted by atomic mass is 16.5. The molecule has 1 amide bonds. The van der Waals surface area contributed by atoms with E-state index in [1.54, 1.807) is 14.0 Å². The van der Waals surface area contributed by atoms with Crippen LogP contribution >= 0.6 is 0 Å². The second kappa shape index (κ2) is 5.99. The number of carbonyl (C=O) groups excluding carboxylic acids is 2. The number of hydrogen-bond acceptors (Lipinski definition) is 3. The maximum atomic E-state index is 11.8. The second-order valence-electron chi connectivity index (χ2n) is 5.24. The van der Waals surface area contributed by atoms with Gasteiger partial charge in [0.1, 0.15) is 11.6 Å². The molecule has 0 saturated carbocycles. The Kier molecular flexibility index (Phi) is 4.31. The quantitative estimate of drug-likeness (QED) is 0.940. The number of methoxy groups -OCH3 is 1. The fraction of sp³-hybridized carbons (Fsp3) is 0.375. The lowest BCUT2D eigenvalue weighted by Gasteiger charge is -2.17. The van der Waals surface area contributed by atoms with E-state index in [-0.39, 0.29) is 11.7 Å². The minimum Gasteiger partial charge on any atom is -0.452 e. The van der Waals surface area contributed by atoms with Gasteiger partial charge in [-0.05, 0) is 19.4 Å². The van der Waals surface area contributed by atoms with Crippen molar-refractivity contribution in [2.75, 3.05) is 19.1 Å². The second-order valence-corrected chi connectivity index (χ2v) is 5.24. The zero-order chi connectivity index (χ0) is 15.6. The highest BCUT2D eigenvalue weighted by Gasteiger charge is 2.22. The molecule has 0 spiro atoms. The van der Waals surface area contributed by atoms with Gasteiger partial charge in [0.25, 0.3) is 0 Å². The molecule has 21 heavy (non-hydrogen) atoms. The molecule has 0 fully saturated rings. The predicted molar refractivity (Wildman–Crippen MR) is 82.7 cm³/mol. The molecule has 1 aromatic heterocycles. The average molecular weight is 288 g/mol. The lowest BCUT2D eigenvalue weighted by molar-refractivity contribution is -0.120. The molecule has 112 valence electrons. The van der Waals surface area contributed by atoms with Crippen LogP contribution in [0, 0.1) is 5.92 Å². The Labute approximate surface area is 123 Å². The van der Waals surface area contributed by atoms with E-state index in [0.717, 1.165) is 16.5 Å². The number of H-pyrrole nitrogens is 1. The van der Waals surface area contributed by atoms with Crippen molar-refractivity contribution in [2.45, 2.75) is 20.3 Å². The van der Waals surface area contributed by atoms with E-state index in [9.17, 15) is 9.59 Å². The summed E-state index contributed by atoms with van der Waals surface area (Å²) in [6.07, 6.45) is 0.133. The van der Waals surface area contributed by atoms with Crippen molar-refractivity contribution >= 4 is 28.6 Å². The standard InChI is InChI=1S/C16H20N2O3/c1-10(11(2)19)9-13-12-7-5-6-8-14(12)17-15(13)18(3)16(20)21-4/h5-8,10,17H,9H2,1-4H3/t10-/m1/s1. The summed E-state index contributed by atoms with van der Waals surface area (Å²) >= 11 is 0. The number of amides is 1. The van der Waals surface area contributed by atoms with Crippen LogP contribution in [-0.4, -0.2) is 31.0 Å². The molecule has 1 atom stereocenters. The van der Waals surface area contributed by atoms with Gasteiger partial charge >= 0.3 is 6.09 Å². The number of para-hydroxylation sites is 1. The molecule has 2 rings (SSSR count). The molecule has 0 aliphatic carbocycles. The summed E-state index contributed by atoms with van der Waals surface area (Å²) in [5, 5.41) is 1.02. The Morgan fingerprint density at radius 1 is 1.33 bits per heavy atom. The van der Waals surface area contributed by atoms with Crippen LogP contribution in [0.5, 0.6) is 0 Å². The van der Waals surface area contributed by atoms with E-state index in [0.29, 0.717) is 12.2 Å². The molecule has 0 bridgehead atoms. The van der Waals surface area contributed by atoms with E-state index in [2.05, 4.69) is 4.98 Å². The van der Waals surface area contributed by atoms with Gasteiger partial charge in [0.15, 0.2) is 0 Å². The molecule has 5 nitrogen and oxygen atoms in total. The van der Waals surface area contributed by atoms with Gasteiger partial charge in [0.2, 0.25) is 0 Å². The monoisotopic (exact) mass is 288 g/mol. The van der Waals surface area contributed by atoms with Crippen molar-refractivity contribution in [3.05, 3.63) is 29.8 Å². The van der Waals surface area contributed by atoms with Crippen molar-refractivity contribution < 1.29 is 14.3 Å². The number of Topliss-reactive ketones (excluding diaryl/α,β-unsaturated/α-hetero) is 1. The zero-order valence-electron chi connectivity index (χ0n) is 12.8. The summed E-state index contributed by atoms with van der Waals surface area (Å²) in [6.45, 7) is 3.48. The van der Waals surface area contributed by atoms with E-state index in [4.69, 9.17) is 4.74 Å². The van der Waals surface area contributed by atoms with Crippen LogP contribution in [0.25, 0.3) is 10.9 Å². The Morgan fingerprint density at radius 2 is 2.00 bits per heavy atom. The molecular weight excluding hydrogens is 268 g/mol. The number of aromatic nitrogens is 1. The van der Waals surface area contributed by atoms with Gasteiger partial charge in [0, 0.05) is 29.4 Å². The van der Waals surface area contributed by atoms with Gasteiger partial charge in [-0.2, -0.15) is 0 Å². The number of rotatable bonds is 4. The normalized spacial score (nSPS) is 12.2. The highest BCUT2D eigenvalue weighted by molar-refractivity contribution is 5.95. The SMILES string of the molecule is COC(=O)N(C)c1[nH]c2ccccc2c1C[C@@H](C)C(C)=O. The molecule has 5 heteroatoms. The summed E-state index contributed by atoms with van der Waals surface area (Å²) in [5.74, 6) is 0.706. The number of benzene rings is 1. The van der Waals surface area contributed by atoms with Gasteiger partial charge in [-0.1, -0.05) is 25.1 Å². The first-order valence-corrected chi connectivity index (χ1v) is 6.87. The van der Waals surface area contributed by atoms with Crippen molar-refractivity contribution in [3.8, 4) is 0 Å². The van der Waals surface area contributed by atoms with Crippen LogP contribution in [0.1, 0.15) is 19.4 Å². The summed E-state index contributed by atoms with van der Waals surface area (Å²) < 4.78 is 4.77. The van der Waals surface area contributed by atoms with Crippen molar-refractivity contribution in [1.29, 1.82) is 0 Å². The number of ether oxygens (including phenoxy) is 1. The topological polar surface area (TPSA) is 62.4 Å². The Morgan fingerprint density at radius 3 is 2.62 bits per heavy atom. The Bertz CT molecular complexity index is 675. The minimum absolute atomic E-state index is 0.103.